The molecule has 0 saturated carbocycles. The minimum Gasteiger partial charge on any atom is -0.381 e. The van der Waals surface area contributed by atoms with Gasteiger partial charge in [-0.15, -0.1) is 0 Å². The summed E-state index contributed by atoms with van der Waals surface area (Å²) in [5.74, 6) is 0. The lowest BCUT2D eigenvalue weighted by Gasteiger charge is -2.16. The number of aromatic nitrogens is 1. The van der Waals surface area contributed by atoms with Crippen LogP contribution in [0.25, 0.3) is 10.9 Å². The van der Waals surface area contributed by atoms with E-state index >= 15 is 0 Å². The van der Waals surface area contributed by atoms with Crippen LogP contribution < -0.4 is 5.32 Å². The van der Waals surface area contributed by atoms with Crippen LogP contribution in [0.3, 0.4) is 0 Å². The minimum atomic E-state index is 0.440. The first-order valence-electron chi connectivity index (χ1n) is 7.51. The average Bonchev–Trinajstić information content (AvgIpc) is 2.43. The van der Waals surface area contributed by atoms with Crippen LogP contribution in [0, 0.1) is 0 Å². The molecule has 0 fully saturated rings. The van der Waals surface area contributed by atoms with E-state index in [1.165, 1.54) is 32.1 Å². The molecule has 0 bridgehead atoms. The molecule has 0 spiro atoms. The van der Waals surface area contributed by atoms with Gasteiger partial charge in [-0.3, -0.25) is 4.98 Å². The number of hydrogen-bond acceptors (Lipinski definition) is 2. The second-order valence-electron chi connectivity index (χ2n) is 5.42. The van der Waals surface area contributed by atoms with Crippen LogP contribution in [0.4, 0.5) is 5.69 Å². The molecule has 2 rings (SSSR count). The molecule has 2 aromatic rings. The molecule has 0 amide bonds. The van der Waals surface area contributed by atoms with Gasteiger partial charge in [-0.25, -0.2) is 0 Å². The van der Waals surface area contributed by atoms with Gasteiger partial charge in [0, 0.05) is 22.6 Å². The molecule has 1 atom stereocenters. The van der Waals surface area contributed by atoms with Crippen LogP contribution >= 0.6 is 11.6 Å². The Hall–Kier alpha value is -1.28. The quantitative estimate of drug-likeness (QED) is 0.666. The summed E-state index contributed by atoms with van der Waals surface area (Å²) in [6, 6.07) is 8.36. The van der Waals surface area contributed by atoms with Gasteiger partial charge in [0.1, 0.15) is 0 Å². The molecule has 1 unspecified atom stereocenters. The fraction of sp³-hybridized carbons (Fsp3) is 0.471. The number of nitrogens with zero attached hydrogens (tertiary/aromatic N) is 1. The first-order valence-corrected chi connectivity index (χ1v) is 7.89. The normalized spacial score (nSPS) is 12.6. The summed E-state index contributed by atoms with van der Waals surface area (Å²) in [7, 11) is 0. The number of fused-ring (bicyclic) bond motifs is 1. The van der Waals surface area contributed by atoms with Gasteiger partial charge in [0.15, 0.2) is 0 Å². The van der Waals surface area contributed by atoms with E-state index in [1.807, 2.05) is 30.5 Å². The van der Waals surface area contributed by atoms with Crippen LogP contribution in [0.5, 0.6) is 0 Å². The molecule has 20 heavy (non-hydrogen) atoms. The molecule has 2 nitrogen and oxygen atoms in total. The van der Waals surface area contributed by atoms with Gasteiger partial charge in [0.25, 0.3) is 0 Å². The van der Waals surface area contributed by atoms with E-state index < -0.39 is 0 Å². The summed E-state index contributed by atoms with van der Waals surface area (Å²) < 4.78 is 0. The summed E-state index contributed by atoms with van der Waals surface area (Å²) >= 11 is 6.19. The van der Waals surface area contributed by atoms with Crippen molar-refractivity contribution in [2.24, 2.45) is 0 Å². The molecule has 1 aromatic carbocycles. The van der Waals surface area contributed by atoms with E-state index in [1.54, 1.807) is 0 Å². The summed E-state index contributed by atoms with van der Waals surface area (Å²) in [6.45, 7) is 4.47. The molecule has 0 aliphatic carbocycles. The summed E-state index contributed by atoms with van der Waals surface area (Å²) in [4.78, 5) is 4.46. The smallest absolute Gasteiger partial charge is 0.0934 e. The lowest BCUT2D eigenvalue weighted by Crippen LogP contribution is -2.15. The van der Waals surface area contributed by atoms with Crippen LogP contribution in [-0.4, -0.2) is 11.0 Å². The highest BCUT2D eigenvalue weighted by Gasteiger charge is 2.07. The first kappa shape index (κ1) is 15.1. The maximum Gasteiger partial charge on any atom is 0.0934 e. The monoisotopic (exact) mass is 290 g/mol. The zero-order valence-electron chi connectivity index (χ0n) is 12.3. The van der Waals surface area contributed by atoms with Gasteiger partial charge in [-0.1, -0.05) is 50.3 Å². The van der Waals surface area contributed by atoms with Crippen LogP contribution in [0.15, 0.2) is 30.5 Å². The number of hydrogen-bond donors (Lipinski definition) is 1. The largest absolute Gasteiger partial charge is 0.381 e. The van der Waals surface area contributed by atoms with Crippen molar-refractivity contribution in [2.45, 2.75) is 52.0 Å². The molecule has 0 aliphatic heterocycles. The highest BCUT2D eigenvalue weighted by Crippen LogP contribution is 2.27. The van der Waals surface area contributed by atoms with Gasteiger partial charge in [-0.2, -0.15) is 0 Å². The summed E-state index contributed by atoms with van der Waals surface area (Å²) in [5, 5.41) is 5.40. The fourth-order valence-electron chi connectivity index (χ4n) is 2.48. The Kier molecular flexibility index (Phi) is 5.66. The Morgan fingerprint density at radius 3 is 2.90 bits per heavy atom. The third-order valence-corrected chi connectivity index (χ3v) is 3.78. The SMILES string of the molecule is CCCCCCC(C)Nc1cc(Cl)cc2cccnc12. The van der Waals surface area contributed by atoms with E-state index in [2.05, 4.69) is 24.1 Å². The summed E-state index contributed by atoms with van der Waals surface area (Å²) in [6.07, 6.45) is 8.21. The summed E-state index contributed by atoms with van der Waals surface area (Å²) in [5.41, 5.74) is 2.04. The highest BCUT2D eigenvalue weighted by atomic mass is 35.5. The molecular weight excluding hydrogens is 268 g/mol. The van der Waals surface area contributed by atoms with Crippen LogP contribution in [-0.2, 0) is 0 Å². The number of rotatable bonds is 7. The molecule has 108 valence electrons. The Bertz CT molecular complexity index is 554. The van der Waals surface area contributed by atoms with Gasteiger partial charge in [0.2, 0.25) is 0 Å². The van der Waals surface area contributed by atoms with Crippen molar-refractivity contribution < 1.29 is 0 Å². The van der Waals surface area contributed by atoms with Gasteiger partial charge >= 0.3 is 0 Å². The number of anilines is 1. The zero-order valence-corrected chi connectivity index (χ0v) is 13.1. The van der Waals surface area contributed by atoms with Crippen molar-refractivity contribution in [1.82, 2.24) is 4.98 Å². The fourth-order valence-corrected chi connectivity index (χ4v) is 2.71. The topological polar surface area (TPSA) is 24.9 Å². The average molecular weight is 291 g/mol. The number of benzene rings is 1. The van der Waals surface area contributed by atoms with Crippen molar-refractivity contribution in [1.29, 1.82) is 0 Å². The Balaban J connectivity index is 2.05. The van der Waals surface area contributed by atoms with Gasteiger partial charge in [0.05, 0.1) is 11.2 Å². The standard InChI is InChI=1S/C17H23ClN2/c1-3-4-5-6-8-13(2)20-16-12-15(18)11-14-9-7-10-19-17(14)16/h7,9-13,20H,3-6,8H2,1-2H3. The van der Waals surface area contributed by atoms with Crippen molar-refractivity contribution in [3.05, 3.63) is 35.5 Å². The molecule has 0 saturated heterocycles. The van der Waals surface area contributed by atoms with E-state index in [0.717, 1.165) is 21.6 Å². The van der Waals surface area contributed by atoms with Crippen molar-refractivity contribution >= 4 is 28.2 Å². The number of nitrogens with one attached hydrogen (secondary N) is 1. The molecular formula is C17H23ClN2. The molecule has 1 aromatic heterocycles. The predicted molar refractivity (Wildman–Crippen MR) is 88.6 cm³/mol. The lowest BCUT2D eigenvalue weighted by atomic mass is 10.1. The number of halogens is 1. The molecule has 1 N–H and O–H groups in total. The lowest BCUT2D eigenvalue weighted by molar-refractivity contribution is 0.594. The third-order valence-electron chi connectivity index (χ3n) is 3.56. The predicted octanol–water partition coefficient (Wildman–Crippen LogP) is 5.66. The maximum absolute atomic E-state index is 6.19. The van der Waals surface area contributed by atoms with Crippen molar-refractivity contribution in [3.63, 3.8) is 0 Å². The molecule has 1 heterocycles. The highest BCUT2D eigenvalue weighted by molar-refractivity contribution is 6.31. The van der Waals surface area contributed by atoms with Gasteiger partial charge < -0.3 is 5.32 Å². The molecule has 3 heteroatoms. The second kappa shape index (κ2) is 7.49. The minimum absolute atomic E-state index is 0.440. The maximum atomic E-state index is 6.19. The number of pyridine rings is 1. The van der Waals surface area contributed by atoms with Gasteiger partial charge in [-0.05, 0) is 31.5 Å². The Morgan fingerprint density at radius 1 is 1.25 bits per heavy atom. The zero-order chi connectivity index (χ0) is 14.4. The Labute approximate surface area is 126 Å². The first-order chi connectivity index (χ1) is 9.70. The third kappa shape index (κ3) is 4.11. The molecule has 0 radical (unpaired) electrons. The Morgan fingerprint density at radius 2 is 2.10 bits per heavy atom. The van der Waals surface area contributed by atoms with Crippen LogP contribution in [0.1, 0.15) is 46.0 Å². The van der Waals surface area contributed by atoms with E-state index in [4.69, 9.17) is 11.6 Å². The molecule has 0 aliphatic rings. The van der Waals surface area contributed by atoms with E-state index in [0.29, 0.717) is 6.04 Å². The second-order valence-corrected chi connectivity index (χ2v) is 5.86. The van der Waals surface area contributed by atoms with E-state index in [9.17, 15) is 0 Å². The van der Waals surface area contributed by atoms with Crippen molar-refractivity contribution in [2.75, 3.05) is 5.32 Å². The van der Waals surface area contributed by atoms with Crippen LogP contribution in [0.2, 0.25) is 5.02 Å². The number of unbranched alkanes of at least 4 members (excludes halogenated alkanes) is 3. The van der Waals surface area contributed by atoms with Crippen molar-refractivity contribution in [3.8, 4) is 0 Å². The van der Waals surface area contributed by atoms with E-state index in [-0.39, 0.29) is 0 Å².